The van der Waals surface area contributed by atoms with Crippen LogP contribution in [0.3, 0.4) is 0 Å². The van der Waals surface area contributed by atoms with Crippen molar-refractivity contribution in [3.05, 3.63) is 36.2 Å². The van der Waals surface area contributed by atoms with Crippen molar-refractivity contribution in [2.45, 2.75) is 6.92 Å². The van der Waals surface area contributed by atoms with Crippen molar-refractivity contribution >= 4 is 22.7 Å². The molecule has 3 rings (SSSR count). The highest BCUT2D eigenvalue weighted by Crippen LogP contribution is 2.31. The number of ketones is 1. The lowest BCUT2D eigenvalue weighted by Crippen LogP contribution is -1.92. The number of aromatic nitrogens is 2. The van der Waals surface area contributed by atoms with Crippen molar-refractivity contribution in [2.75, 3.05) is 5.73 Å². The Morgan fingerprint density at radius 1 is 1.39 bits per heavy atom. The summed E-state index contributed by atoms with van der Waals surface area (Å²) in [6.45, 7) is 1.43. The van der Waals surface area contributed by atoms with Crippen molar-refractivity contribution in [1.29, 1.82) is 0 Å². The molecule has 0 atom stereocenters. The monoisotopic (exact) mass is 241 g/mol. The van der Waals surface area contributed by atoms with Gasteiger partial charge in [0.1, 0.15) is 5.69 Å². The molecule has 18 heavy (non-hydrogen) atoms. The number of para-hydroxylation sites is 1. The summed E-state index contributed by atoms with van der Waals surface area (Å²) in [5.74, 6) is -0.00302. The maximum absolute atomic E-state index is 11.5. The minimum absolute atomic E-state index is 0.000445. The van der Waals surface area contributed by atoms with Crippen molar-refractivity contribution in [2.24, 2.45) is 0 Å². The van der Waals surface area contributed by atoms with Gasteiger partial charge < -0.3 is 15.1 Å². The fourth-order valence-electron chi connectivity index (χ4n) is 2.03. The number of fused-ring (bicyclic) bond motifs is 1. The largest absolute Gasteiger partial charge is 0.420 e. The summed E-state index contributed by atoms with van der Waals surface area (Å²) in [6, 6.07) is 7.77. The Balaban J connectivity index is 2.29. The fraction of sp³-hybridized carbons (Fsp3) is 0.0769. The van der Waals surface area contributed by atoms with E-state index in [-0.39, 0.29) is 17.6 Å². The predicted octanol–water partition coefficient (Wildman–Crippen LogP) is 2.61. The van der Waals surface area contributed by atoms with E-state index in [9.17, 15) is 4.79 Å². The highest BCUT2D eigenvalue weighted by atomic mass is 16.4. The van der Waals surface area contributed by atoms with Gasteiger partial charge in [-0.15, -0.1) is 0 Å². The number of hydrogen-bond acceptors (Lipinski definition) is 4. The Bertz CT molecular complexity index is 740. The van der Waals surface area contributed by atoms with Gasteiger partial charge in [0, 0.05) is 29.6 Å². The summed E-state index contributed by atoms with van der Waals surface area (Å²) >= 11 is 0. The molecule has 0 spiro atoms. The fourth-order valence-corrected chi connectivity index (χ4v) is 2.03. The number of carbonyl (C=O) groups is 1. The second-order valence-electron chi connectivity index (χ2n) is 4.03. The van der Waals surface area contributed by atoms with Crippen LogP contribution in [0.5, 0.6) is 0 Å². The molecule has 0 bridgehead atoms. The SMILES string of the molecule is CC(=O)c1oc(N)nc1-c1c[nH]c2ccccc12. The molecule has 5 heteroatoms. The molecule has 0 saturated heterocycles. The van der Waals surface area contributed by atoms with Gasteiger partial charge >= 0.3 is 0 Å². The van der Waals surface area contributed by atoms with Crippen molar-refractivity contribution in [1.82, 2.24) is 9.97 Å². The Hall–Kier alpha value is -2.56. The van der Waals surface area contributed by atoms with Crippen molar-refractivity contribution in [3.8, 4) is 11.3 Å². The van der Waals surface area contributed by atoms with Crippen LogP contribution in [0.4, 0.5) is 6.01 Å². The zero-order valence-electron chi connectivity index (χ0n) is 9.73. The van der Waals surface area contributed by atoms with Crippen LogP contribution in [-0.4, -0.2) is 15.8 Å². The number of aromatic amines is 1. The molecule has 0 aliphatic rings. The van der Waals surface area contributed by atoms with Crippen LogP contribution in [-0.2, 0) is 0 Å². The minimum atomic E-state index is -0.195. The number of benzene rings is 1. The molecule has 0 aliphatic heterocycles. The normalized spacial score (nSPS) is 10.9. The molecule has 0 fully saturated rings. The summed E-state index contributed by atoms with van der Waals surface area (Å²) in [5.41, 5.74) is 7.80. The van der Waals surface area contributed by atoms with Gasteiger partial charge in [-0.3, -0.25) is 4.79 Å². The first-order chi connectivity index (χ1) is 8.66. The molecule has 0 amide bonds. The number of carbonyl (C=O) groups excluding carboxylic acids is 1. The van der Waals surface area contributed by atoms with Crippen molar-refractivity contribution < 1.29 is 9.21 Å². The van der Waals surface area contributed by atoms with E-state index in [0.29, 0.717) is 5.69 Å². The molecule has 0 saturated carbocycles. The number of nitrogens with one attached hydrogen (secondary N) is 1. The Morgan fingerprint density at radius 2 is 2.17 bits per heavy atom. The van der Waals surface area contributed by atoms with Crippen molar-refractivity contribution in [3.63, 3.8) is 0 Å². The van der Waals surface area contributed by atoms with Gasteiger partial charge in [-0.25, -0.2) is 0 Å². The third kappa shape index (κ3) is 1.48. The summed E-state index contributed by atoms with van der Waals surface area (Å²) in [4.78, 5) is 18.7. The molecule has 0 radical (unpaired) electrons. The smallest absolute Gasteiger partial charge is 0.293 e. The standard InChI is InChI=1S/C13H11N3O2/c1-7(17)12-11(16-13(14)18-12)9-6-15-10-5-3-2-4-8(9)10/h2-6,15H,1H3,(H2,14,16). The van der Waals surface area contributed by atoms with Crippen LogP contribution < -0.4 is 5.73 Å². The number of nitrogens with zero attached hydrogens (tertiary/aromatic N) is 1. The van der Waals surface area contributed by atoms with E-state index >= 15 is 0 Å². The first kappa shape index (κ1) is 10.6. The molecule has 5 nitrogen and oxygen atoms in total. The summed E-state index contributed by atoms with van der Waals surface area (Å²) in [6.07, 6.45) is 1.80. The van der Waals surface area contributed by atoms with E-state index in [4.69, 9.17) is 10.2 Å². The summed E-state index contributed by atoms with van der Waals surface area (Å²) < 4.78 is 5.15. The van der Waals surface area contributed by atoms with E-state index in [0.717, 1.165) is 16.5 Å². The van der Waals surface area contributed by atoms with Gasteiger partial charge in [0.25, 0.3) is 6.01 Å². The third-order valence-corrected chi connectivity index (χ3v) is 2.81. The first-order valence-corrected chi connectivity index (χ1v) is 5.50. The van der Waals surface area contributed by atoms with Crippen LogP contribution in [0.1, 0.15) is 17.5 Å². The zero-order chi connectivity index (χ0) is 12.7. The molecule has 2 heterocycles. The summed E-state index contributed by atoms with van der Waals surface area (Å²) in [5, 5.41) is 0.980. The number of anilines is 1. The predicted molar refractivity (Wildman–Crippen MR) is 68.2 cm³/mol. The highest BCUT2D eigenvalue weighted by molar-refractivity contribution is 6.03. The minimum Gasteiger partial charge on any atom is -0.420 e. The van der Waals surface area contributed by atoms with Crippen LogP contribution in [0.15, 0.2) is 34.9 Å². The van der Waals surface area contributed by atoms with Gasteiger partial charge in [-0.05, 0) is 6.07 Å². The molecule has 0 aliphatic carbocycles. The summed E-state index contributed by atoms with van der Waals surface area (Å²) in [7, 11) is 0. The van der Waals surface area contributed by atoms with Gasteiger partial charge in [0.2, 0.25) is 0 Å². The van der Waals surface area contributed by atoms with E-state index in [1.807, 2.05) is 24.3 Å². The molecular formula is C13H11N3O2. The van der Waals surface area contributed by atoms with E-state index in [1.165, 1.54) is 6.92 Å². The maximum atomic E-state index is 11.5. The molecular weight excluding hydrogens is 230 g/mol. The lowest BCUT2D eigenvalue weighted by atomic mass is 10.1. The lowest BCUT2D eigenvalue weighted by molar-refractivity contribution is 0.0989. The average molecular weight is 241 g/mol. The van der Waals surface area contributed by atoms with Crippen LogP contribution in [0, 0.1) is 0 Å². The number of H-pyrrole nitrogens is 1. The molecule has 2 aromatic heterocycles. The number of Topliss-reactive ketones (excluding diaryl/α,β-unsaturated/α-hetero) is 1. The van der Waals surface area contributed by atoms with Gasteiger partial charge in [0.05, 0.1) is 0 Å². The highest BCUT2D eigenvalue weighted by Gasteiger charge is 2.19. The van der Waals surface area contributed by atoms with Crippen LogP contribution in [0.25, 0.3) is 22.2 Å². The number of nitrogens with two attached hydrogens (primary N) is 1. The molecule has 3 N–H and O–H groups in total. The quantitative estimate of drug-likeness (QED) is 0.675. The number of oxazole rings is 1. The van der Waals surface area contributed by atoms with Gasteiger partial charge in [0.15, 0.2) is 11.5 Å². The number of nitrogen functional groups attached to an aromatic ring is 1. The maximum Gasteiger partial charge on any atom is 0.293 e. The molecule has 1 aromatic carbocycles. The van der Waals surface area contributed by atoms with E-state index in [2.05, 4.69) is 9.97 Å². The third-order valence-electron chi connectivity index (χ3n) is 2.81. The first-order valence-electron chi connectivity index (χ1n) is 5.50. The van der Waals surface area contributed by atoms with Crippen LogP contribution in [0.2, 0.25) is 0 Å². The molecule has 3 aromatic rings. The molecule has 90 valence electrons. The Labute approximate surface area is 103 Å². The lowest BCUT2D eigenvalue weighted by Gasteiger charge is -1.95. The number of rotatable bonds is 2. The van der Waals surface area contributed by atoms with E-state index in [1.54, 1.807) is 6.20 Å². The Morgan fingerprint density at radius 3 is 2.94 bits per heavy atom. The Kier molecular flexibility index (Phi) is 2.19. The average Bonchev–Trinajstić information content (AvgIpc) is 2.92. The van der Waals surface area contributed by atoms with Gasteiger partial charge in [-0.1, -0.05) is 18.2 Å². The second kappa shape index (κ2) is 3.73. The number of hydrogen-bond donors (Lipinski definition) is 2. The molecule has 0 unspecified atom stereocenters. The second-order valence-corrected chi connectivity index (χ2v) is 4.03. The van der Waals surface area contributed by atoms with Crippen LogP contribution >= 0.6 is 0 Å². The van der Waals surface area contributed by atoms with E-state index < -0.39 is 0 Å². The zero-order valence-corrected chi connectivity index (χ0v) is 9.73. The van der Waals surface area contributed by atoms with Gasteiger partial charge in [-0.2, -0.15) is 4.98 Å². The topological polar surface area (TPSA) is 84.9 Å².